The largest absolute Gasteiger partial charge is 0.304 e. The van der Waals surface area contributed by atoms with Crippen LogP contribution in [0.1, 0.15) is 24.3 Å². The summed E-state index contributed by atoms with van der Waals surface area (Å²) in [6.45, 7) is 1.99. The van der Waals surface area contributed by atoms with Crippen LogP contribution in [-0.2, 0) is 0 Å². The lowest BCUT2D eigenvalue weighted by molar-refractivity contribution is 0.314. The van der Waals surface area contributed by atoms with Crippen molar-refractivity contribution in [3.05, 3.63) is 35.9 Å². The van der Waals surface area contributed by atoms with Gasteiger partial charge in [0.05, 0.1) is 12.0 Å². The van der Waals surface area contributed by atoms with Crippen molar-refractivity contribution in [3.8, 4) is 6.07 Å². The van der Waals surface area contributed by atoms with Crippen LogP contribution in [0.25, 0.3) is 0 Å². The van der Waals surface area contributed by atoms with Crippen molar-refractivity contribution in [2.45, 2.75) is 18.8 Å². The molecule has 84 valence electrons. The van der Waals surface area contributed by atoms with Crippen molar-refractivity contribution in [2.75, 3.05) is 20.1 Å². The van der Waals surface area contributed by atoms with Crippen LogP contribution in [-0.4, -0.2) is 25.0 Å². The Morgan fingerprint density at radius 1 is 1.38 bits per heavy atom. The highest BCUT2D eigenvalue weighted by atomic mass is 15.1. The fraction of sp³-hybridized carbons (Fsp3) is 0.500. The predicted molar refractivity (Wildman–Crippen MR) is 65.0 cm³/mol. The second-order valence-electron chi connectivity index (χ2n) is 4.76. The van der Waals surface area contributed by atoms with Gasteiger partial charge >= 0.3 is 0 Å². The minimum Gasteiger partial charge on any atom is -0.304 e. The maximum Gasteiger partial charge on any atom is 0.0839 e. The summed E-state index contributed by atoms with van der Waals surface area (Å²) in [5, 5.41) is 9.20. The van der Waals surface area contributed by atoms with Crippen LogP contribution in [0.3, 0.4) is 0 Å². The Labute approximate surface area is 97.5 Å². The Hall–Kier alpha value is -1.33. The molecule has 1 atom stereocenters. The second-order valence-corrected chi connectivity index (χ2v) is 4.76. The summed E-state index contributed by atoms with van der Waals surface area (Å²) in [6, 6.07) is 12.5. The minimum atomic E-state index is 0.00458. The minimum absolute atomic E-state index is 0.00458. The van der Waals surface area contributed by atoms with E-state index in [0.717, 1.165) is 24.6 Å². The highest BCUT2D eigenvalue weighted by molar-refractivity contribution is 5.25. The molecule has 0 N–H and O–H groups in total. The van der Waals surface area contributed by atoms with E-state index in [1.807, 2.05) is 30.3 Å². The van der Waals surface area contributed by atoms with Gasteiger partial charge in [-0.1, -0.05) is 30.3 Å². The van der Waals surface area contributed by atoms with Gasteiger partial charge in [-0.15, -0.1) is 0 Å². The molecule has 16 heavy (non-hydrogen) atoms. The molecule has 2 heteroatoms. The quantitative estimate of drug-likeness (QED) is 0.753. The van der Waals surface area contributed by atoms with Gasteiger partial charge in [-0.25, -0.2) is 0 Å². The van der Waals surface area contributed by atoms with E-state index in [0.29, 0.717) is 0 Å². The molecule has 1 aliphatic carbocycles. The van der Waals surface area contributed by atoms with E-state index in [1.165, 1.54) is 12.8 Å². The second kappa shape index (κ2) is 5.14. The van der Waals surface area contributed by atoms with E-state index >= 15 is 0 Å². The van der Waals surface area contributed by atoms with Crippen LogP contribution in [0.15, 0.2) is 30.3 Å². The zero-order valence-electron chi connectivity index (χ0n) is 9.76. The summed E-state index contributed by atoms with van der Waals surface area (Å²) in [5.41, 5.74) is 1.13. The molecule has 1 aliphatic rings. The fourth-order valence-corrected chi connectivity index (χ4v) is 2.03. The molecule has 0 radical (unpaired) electrons. The van der Waals surface area contributed by atoms with E-state index in [-0.39, 0.29) is 5.92 Å². The molecular weight excluding hydrogens is 196 g/mol. The van der Waals surface area contributed by atoms with Crippen molar-refractivity contribution in [1.82, 2.24) is 4.90 Å². The molecule has 0 saturated heterocycles. The molecule has 1 unspecified atom stereocenters. The lowest BCUT2D eigenvalue weighted by atomic mass is 10.0. The number of hydrogen-bond acceptors (Lipinski definition) is 2. The normalized spacial score (nSPS) is 17.1. The van der Waals surface area contributed by atoms with Gasteiger partial charge in [-0.05, 0) is 31.4 Å². The third-order valence-electron chi connectivity index (χ3n) is 3.12. The zero-order valence-corrected chi connectivity index (χ0v) is 9.76. The van der Waals surface area contributed by atoms with Gasteiger partial charge in [0.25, 0.3) is 0 Å². The SMILES string of the molecule is CN(CC1CC1)CC(C#N)c1ccccc1. The van der Waals surface area contributed by atoms with Crippen molar-refractivity contribution < 1.29 is 0 Å². The van der Waals surface area contributed by atoms with Crippen LogP contribution in [0.5, 0.6) is 0 Å². The molecule has 0 heterocycles. The number of benzene rings is 1. The van der Waals surface area contributed by atoms with E-state index < -0.39 is 0 Å². The smallest absolute Gasteiger partial charge is 0.0839 e. The maximum absolute atomic E-state index is 9.20. The first-order chi connectivity index (χ1) is 7.79. The predicted octanol–water partition coefficient (Wildman–Crippen LogP) is 2.64. The fourth-order valence-electron chi connectivity index (χ4n) is 2.03. The van der Waals surface area contributed by atoms with Crippen LogP contribution >= 0.6 is 0 Å². The van der Waals surface area contributed by atoms with Gasteiger partial charge < -0.3 is 4.90 Å². The average molecular weight is 214 g/mol. The van der Waals surface area contributed by atoms with Gasteiger partial charge in [0, 0.05) is 13.1 Å². The molecule has 2 nitrogen and oxygen atoms in total. The lowest BCUT2D eigenvalue weighted by Gasteiger charge is -2.19. The number of hydrogen-bond donors (Lipinski definition) is 0. The van der Waals surface area contributed by atoms with E-state index in [4.69, 9.17) is 0 Å². The summed E-state index contributed by atoms with van der Waals surface area (Å²) < 4.78 is 0. The van der Waals surface area contributed by atoms with Crippen LogP contribution in [0.4, 0.5) is 0 Å². The Morgan fingerprint density at radius 3 is 2.62 bits per heavy atom. The van der Waals surface area contributed by atoms with Gasteiger partial charge in [-0.2, -0.15) is 5.26 Å². The third-order valence-corrected chi connectivity index (χ3v) is 3.12. The first-order valence-corrected chi connectivity index (χ1v) is 5.92. The Kier molecular flexibility index (Phi) is 3.58. The van der Waals surface area contributed by atoms with Crippen LogP contribution in [0, 0.1) is 17.2 Å². The summed E-state index contributed by atoms with van der Waals surface area (Å²) in [7, 11) is 2.12. The first-order valence-electron chi connectivity index (χ1n) is 5.92. The number of nitriles is 1. The Bertz CT molecular complexity index is 362. The topological polar surface area (TPSA) is 27.0 Å². The van der Waals surface area contributed by atoms with Gasteiger partial charge in [-0.3, -0.25) is 0 Å². The average Bonchev–Trinajstić information content (AvgIpc) is 3.11. The molecule has 0 aliphatic heterocycles. The monoisotopic (exact) mass is 214 g/mol. The van der Waals surface area contributed by atoms with E-state index in [1.54, 1.807) is 0 Å². The Morgan fingerprint density at radius 2 is 2.06 bits per heavy atom. The number of likely N-dealkylation sites (N-methyl/N-ethyl adjacent to an activating group) is 1. The lowest BCUT2D eigenvalue weighted by Crippen LogP contribution is -2.26. The molecule has 2 rings (SSSR count). The summed E-state index contributed by atoms with van der Waals surface area (Å²) >= 11 is 0. The van der Waals surface area contributed by atoms with E-state index in [9.17, 15) is 5.26 Å². The van der Waals surface area contributed by atoms with Gasteiger partial charge in [0.2, 0.25) is 0 Å². The number of rotatable bonds is 5. The van der Waals surface area contributed by atoms with E-state index in [2.05, 4.69) is 18.0 Å². The molecular formula is C14H18N2. The highest BCUT2D eigenvalue weighted by Gasteiger charge is 2.24. The standard InChI is InChI=1S/C14H18N2/c1-16(10-12-7-8-12)11-14(9-15)13-5-3-2-4-6-13/h2-6,12,14H,7-8,10-11H2,1H3. The molecule has 1 aromatic carbocycles. The van der Waals surface area contributed by atoms with Crippen molar-refractivity contribution in [2.24, 2.45) is 5.92 Å². The maximum atomic E-state index is 9.20. The molecule has 1 aromatic rings. The van der Waals surface area contributed by atoms with Crippen molar-refractivity contribution in [1.29, 1.82) is 5.26 Å². The molecule has 0 aromatic heterocycles. The summed E-state index contributed by atoms with van der Waals surface area (Å²) in [4.78, 5) is 2.29. The van der Waals surface area contributed by atoms with Crippen molar-refractivity contribution >= 4 is 0 Å². The molecule has 1 saturated carbocycles. The molecule has 0 bridgehead atoms. The number of nitrogens with zero attached hydrogens (tertiary/aromatic N) is 2. The highest BCUT2D eigenvalue weighted by Crippen LogP contribution is 2.29. The van der Waals surface area contributed by atoms with Gasteiger partial charge in [0.1, 0.15) is 0 Å². The summed E-state index contributed by atoms with van der Waals surface area (Å²) in [6.07, 6.45) is 2.74. The zero-order chi connectivity index (χ0) is 11.4. The third kappa shape index (κ3) is 3.08. The summed E-state index contributed by atoms with van der Waals surface area (Å²) in [5.74, 6) is 0.894. The first kappa shape index (κ1) is 11.2. The van der Waals surface area contributed by atoms with Crippen molar-refractivity contribution in [3.63, 3.8) is 0 Å². The van der Waals surface area contributed by atoms with Crippen LogP contribution in [0.2, 0.25) is 0 Å². The Balaban J connectivity index is 1.92. The molecule has 1 fully saturated rings. The van der Waals surface area contributed by atoms with Gasteiger partial charge in [0.15, 0.2) is 0 Å². The molecule has 0 amide bonds. The molecule has 0 spiro atoms. The van der Waals surface area contributed by atoms with Crippen LogP contribution < -0.4 is 0 Å².